The molecule has 1 fully saturated rings. The van der Waals surface area contributed by atoms with Crippen molar-refractivity contribution < 1.29 is 14.1 Å². The molecular weight excluding hydrogens is 360 g/mol. The van der Waals surface area contributed by atoms with E-state index in [0.29, 0.717) is 36.8 Å². The number of amides is 2. The van der Waals surface area contributed by atoms with E-state index in [2.05, 4.69) is 25.7 Å². The Morgan fingerprint density at radius 1 is 1.32 bits per heavy atom. The van der Waals surface area contributed by atoms with E-state index in [1.165, 1.54) is 0 Å². The third-order valence-electron chi connectivity index (χ3n) is 5.00. The van der Waals surface area contributed by atoms with E-state index in [4.69, 9.17) is 4.52 Å². The molecule has 0 radical (unpaired) electrons. The molecule has 0 bridgehead atoms. The molecule has 0 unspecified atom stereocenters. The van der Waals surface area contributed by atoms with Crippen molar-refractivity contribution >= 4 is 11.8 Å². The van der Waals surface area contributed by atoms with Crippen molar-refractivity contribution in [2.45, 2.75) is 66.0 Å². The first kappa shape index (κ1) is 20.0. The summed E-state index contributed by atoms with van der Waals surface area (Å²) in [6.07, 6.45) is 1.26. The number of carbonyl (C=O) groups excluding carboxylic acids is 2. The topological polar surface area (TPSA) is 117 Å². The number of rotatable bonds is 6. The molecule has 0 saturated carbocycles. The number of nitrogens with one attached hydrogen (secondary N) is 2. The Morgan fingerprint density at radius 2 is 2.07 bits per heavy atom. The van der Waals surface area contributed by atoms with Crippen molar-refractivity contribution in [1.29, 1.82) is 0 Å². The molecule has 2 N–H and O–H groups in total. The molecule has 0 aromatic carbocycles. The Balaban J connectivity index is 1.77. The summed E-state index contributed by atoms with van der Waals surface area (Å²) in [6.45, 7) is 9.90. The highest BCUT2D eigenvalue weighted by atomic mass is 16.5. The van der Waals surface area contributed by atoms with Crippen molar-refractivity contribution in [3.05, 3.63) is 28.7 Å². The fraction of sp³-hybridized carbons (Fsp3) is 0.632. The maximum absolute atomic E-state index is 13.1. The van der Waals surface area contributed by atoms with Crippen LogP contribution in [0, 0.1) is 26.7 Å². The predicted octanol–water partition coefficient (Wildman–Crippen LogP) is 1.76. The summed E-state index contributed by atoms with van der Waals surface area (Å²) >= 11 is 0. The first-order valence-electron chi connectivity index (χ1n) is 9.64. The largest absolute Gasteiger partial charge is 0.361 e. The van der Waals surface area contributed by atoms with Crippen LogP contribution in [0.25, 0.3) is 0 Å². The monoisotopic (exact) mass is 388 g/mol. The molecule has 3 rings (SSSR count). The Kier molecular flexibility index (Phi) is 5.81. The molecule has 1 aliphatic heterocycles. The van der Waals surface area contributed by atoms with Crippen LogP contribution in [0.5, 0.6) is 0 Å². The van der Waals surface area contributed by atoms with Crippen LogP contribution in [0.2, 0.25) is 0 Å². The highest BCUT2D eigenvalue weighted by Crippen LogP contribution is 2.31. The molecule has 1 aliphatic rings. The van der Waals surface area contributed by atoms with Crippen molar-refractivity contribution in [3.8, 4) is 0 Å². The molecule has 2 aromatic rings. The highest BCUT2D eigenvalue weighted by molar-refractivity contribution is 5.80. The van der Waals surface area contributed by atoms with Crippen LogP contribution in [0.15, 0.2) is 4.52 Å². The van der Waals surface area contributed by atoms with Gasteiger partial charge in [-0.25, -0.2) is 4.98 Å². The number of aromatic nitrogens is 4. The SMILES string of the molecule is Cc1nc([C@@H]2C[C@H](NC(=O)CC(C)C)CN2C(=O)Cc2c(C)noc2C)n[nH]1. The number of aryl methyl sites for hydroxylation is 3. The van der Waals surface area contributed by atoms with Gasteiger partial charge in [-0.15, -0.1) is 0 Å². The van der Waals surface area contributed by atoms with Gasteiger partial charge in [0.25, 0.3) is 0 Å². The standard InChI is InChI=1S/C19H28N6O3/c1-10(2)6-17(26)21-14-7-16(19-20-13(5)22-23-19)25(9-14)18(27)8-15-11(3)24-28-12(15)4/h10,14,16H,6-9H2,1-5H3,(H,21,26)(H,20,22,23)/t14-,16-/m0/s1. The van der Waals surface area contributed by atoms with Crippen LogP contribution in [-0.4, -0.2) is 49.6 Å². The minimum absolute atomic E-state index is 0.00457. The molecule has 152 valence electrons. The molecule has 3 heterocycles. The lowest BCUT2D eigenvalue weighted by molar-refractivity contribution is -0.132. The van der Waals surface area contributed by atoms with Crippen molar-refractivity contribution in [2.24, 2.45) is 5.92 Å². The summed E-state index contributed by atoms with van der Waals surface area (Å²) in [4.78, 5) is 31.5. The number of carbonyl (C=O) groups is 2. The van der Waals surface area contributed by atoms with Crippen LogP contribution in [-0.2, 0) is 16.0 Å². The highest BCUT2D eigenvalue weighted by Gasteiger charge is 2.39. The van der Waals surface area contributed by atoms with Crippen LogP contribution >= 0.6 is 0 Å². The molecule has 9 heteroatoms. The minimum atomic E-state index is -0.276. The molecule has 9 nitrogen and oxygen atoms in total. The van der Waals surface area contributed by atoms with Crippen LogP contribution < -0.4 is 5.32 Å². The number of aromatic amines is 1. The van der Waals surface area contributed by atoms with Gasteiger partial charge in [-0.05, 0) is 33.1 Å². The lowest BCUT2D eigenvalue weighted by atomic mass is 10.1. The van der Waals surface area contributed by atoms with E-state index < -0.39 is 0 Å². The summed E-state index contributed by atoms with van der Waals surface area (Å²) in [5.74, 6) is 2.15. The summed E-state index contributed by atoms with van der Waals surface area (Å²) < 4.78 is 5.18. The maximum Gasteiger partial charge on any atom is 0.227 e. The quantitative estimate of drug-likeness (QED) is 0.779. The lowest BCUT2D eigenvalue weighted by Crippen LogP contribution is -2.39. The van der Waals surface area contributed by atoms with Gasteiger partial charge in [0.1, 0.15) is 11.6 Å². The lowest BCUT2D eigenvalue weighted by Gasteiger charge is -2.22. The molecule has 2 atom stereocenters. The summed E-state index contributed by atoms with van der Waals surface area (Å²) in [6, 6.07) is -0.397. The molecule has 0 aliphatic carbocycles. The summed E-state index contributed by atoms with van der Waals surface area (Å²) in [5, 5.41) is 14.1. The molecule has 1 saturated heterocycles. The van der Waals surface area contributed by atoms with Gasteiger partial charge >= 0.3 is 0 Å². The number of nitrogens with zero attached hydrogens (tertiary/aromatic N) is 4. The van der Waals surface area contributed by atoms with E-state index in [0.717, 1.165) is 11.3 Å². The van der Waals surface area contributed by atoms with Crippen molar-refractivity contribution in [3.63, 3.8) is 0 Å². The van der Waals surface area contributed by atoms with Crippen molar-refractivity contribution in [2.75, 3.05) is 6.54 Å². The van der Waals surface area contributed by atoms with Gasteiger partial charge in [-0.1, -0.05) is 19.0 Å². The van der Waals surface area contributed by atoms with E-state index >= 15 is 0 Å². The zero-order valence-electron chi connectivity index (χ0n) is 17.1. The average Bonchev–Trinajstić information content (AvgIpc) is 3.29. The fourth-order valence-corrected chi connectivity index (χ4v) is 3.63. The molecule has 0 spiro atoms. The van der Waals surface area contributed by atoms with Gasteiger partial charge in [0.2, 0.25) is 11.8 Å². The number of H-pyrrole nitrogens is 1. The zero-order chi connectivity index (χ0) is 20.4. The van der Waals surface area contributed by atoms with Crippen LogP contribution in [0.4, 0.5) is 0 Å². The van der Waals surface area contributed by atoms with E-state index in [-0.39, 0.29) is 36.2 Å². The number of hydrogen-bond donors (Lipinski definition) is 2. The van der Waals surface area contributed by atoms with E-state index in [1.54, 1.807) is 11.8 Å². The molecule has 2 aromatic heterocycles. The Labute approximate surface area is 164 Å². The van der Waals surface area contributed by atoms with Gasteiger partial charge in [-0.3, -0.25) is 14.7 Å². The van der Waals surface area contributed by atoms with E-state index in [1.807, 2.05) is 27.7 Å². The van der Waals surface area contributed by atoms with Gasteiger partial charge in [0, 0.05) is 24.6 Å². The summed E-state index contributed by atoms with van der Waals surface area (Å²) in [7, 11) is 0. The third-order valence-corrected chi connectivity index (χ3v) is 5.00. The molecular formula is C19H28N6O3. The first-order chi connectivity index (χ1) is 13.2. The molecule has 28 heavy (non-hydrogen) atoms. The third kappa shape index (κ3) is 4.40. The normalized spacial score (nSPS) is 19.4. The molecule has 2 amide bonds. The number of hydrogen-bond acceptors (Lipinski definition) is 6. The number of likely N-dealkylation sites (tertiary alicyclic amines) is 1. The second-order valence-corrected chi connectivity index (χ2v) is 7.92. The maximum atomic E-state index is 13.1. The van der Waals surface area contributed by atoms with Gasteiger partial charge < -0.3 is 14.7 Å². The van der Waals surface area contributed by atoms with Crippen LogP contribution in [0.1, 0.15) is 61.4 Å². The van der Waals surface area contributed by atoms with Gasteiger partial charge in [0.05, 0.1) is 18.2 Å². The first-order valence-corrected chi connectivity index (χ1v) is 9.64. The predicted molar refractivity (Wildman–Crippen MR) is 101 cm³/mol. The van der Waals surface area contributed by atoms with Crippen LogP contribution in [0.3, 0.4) is 0 Å². The van der Waals surface area contributed by atoms with Crippen molar-refractivity contribution in [1.82, 2.24) is 30.6 Å². The average molecular weight is 388 g/mol. The second-order valence-electron chi connectivity index (χ2n) is 7.92. The smallest absolute Gasteiger partial charge is 0.227 e. The Bertz CT molecular complexity index is 836. The minimum Gasteiger partial charge on any atom is -0.361 e. The van der Waals surface area contributed by atoms with E-state index in [9.17, 15) is 9.59 Å². The second kappa shape index (κ2) is 8.12. The van der Waals surface area contributed by atoms with Gasteiger partial charge in [0.15, 0.2) is 5.82 Å². The summed E-state index contributed by atoms with van der Waals surface area (Å²) in [5.41, 5.74) is 1.53. The van der Waals surface area contributed by atoms with Gasteiger partial charge in [-0.2, -0.15) is 5.10 Å². The Morgan fingerprint density at radius 3 is 2.64 bits per heavy atom. The zero-order valence-corrected chi connectivity index (χ0v) is 17.1. The fourth-order valence-electron chi connectivity index (χ4n) is 3.63. The Hall–Kier alpha value is -2.71.